The number of pyridine rings is 1. The standard InChI is InChI=1S/C20H21N3O3S/c1-12-19(13-5-7-23(12)8-6-13)22-20(25)16-10-17-14(11-21-16)9-15(27-17)3-4-18(24)26-2/h9-13,19H,5-8H2,1-2H3,(H,22,25)/t12-,19+/m1/s1. The number of fused-ring (bicyclic) bond motifs is 4. The molecule has 6 nitrogen and oxygen atoms in total. The Bertz CT molecular complexity index is 948. The number of ether oxygens (including phenoxy) is 1. The van der Waals surface area contributed by atoms with Crippen LogP contribution in [0, 0.1) is 17.8 Å². The molecule has 5 rings (SSSR count). The van der Waals surface area contributed by atoms with E-state index >= 15 is 0 Å². The highest BCUT2D eigenvalue weighted by Gasteiger charge is 2.40. The van der Waals surface area contributed by atoms with E-state index < -0.39 is 5.97 Å². The van der Waals surface area contributed by atoms with Crippen molar-refractivity contribution in [3.63, 3.8) is 0 Å². The number of nitrogens with zero attached hydrogens (tertiary/aromatic N) is 2. The van der Waals surface area contributed by atoms with Crippen LogP contribution in [-0.4, -0.2) is 54.0 Å². The van der Waals surface area contributed by atoms with Crippen LogP contribution in [0.1, 0.15) is 35.1 Å². The van der Waals surface area contributed by atoms with Crippen LogP contribution in [0.15, 0.2) is 18.3 Å². The van der Waals surface area contributed by atoms with Gasteiger partial charge in [-0.3, -0.25) is 14.7 Å². The van der Waals surface area contributed by atoms with E-state index in [0.29, 0.717) is 17.7 Å². The summed E-state index contributed by atoms with van der Waals surface area (Å²) in [7, 11) is 1.30. The molecule has 2 aromatic rings. The quantitative estimate of drug-likeness (QED) is 0.635. The highest BCUT2D eigenvalue weighted by Crippen LogP contribution is 2.32. The molecule has 0 spiro atoms. The van der Waals surface area contributed by atoms with Crippen LogP contribution in [0.3, 0.4) is 0 Å². The molecule has 3 aliphatic heterocycles. The van der Waals surface area contributed by atoms with Gasteiger partial charge in [0.1, 0.15) is 5.69 Å². The molecule has 0 radical (unpaired) electrons. The molecule has 7 heteroatoms. The molecule has 2 bridgehead atoms. The number of nitrogens with one attached hydrogen (secondary N) is 1. The lowest BCUT2D eigenvalue weighted by atomic mass is 9.79. The minimum atomic E-state index is -0.572. The van der Waals surface area contributed by atoms with Gasteiger partial charge in [-0.15, -0.1) is 11.3 Å². The van der Waals surface area contributed by atoms with Crippen LogP contribution >= 0.6 is 11.3 Å². The van der Waals surface area contributed by atoms with Gasteiger partial charge in [0, 0.05) is 34.3 Å². The first-order valence-electron chi connectivity index (χ1n) is 9.09. The topological polar surface area (TPSA) is 71.5 Å². The zero-order valence-electron chi connectivity index (χ0n) is 15.3. The van der Waals surface area contributed by atoms with Crippen LogP contribution in [0.4, 0.5) is 0 Å². The monoisotopic (exact) mass is 383 g/mol. The second kappa shape index (κ2) is 7.29. The number of piperidine rings is 3. The minimum absolute atomic E-state index is 0.127. The smallest absolute Gasteiger partial charge is 0.384 e. The zero-order chi connectivity index (χ0) is 19.0. The number of aromatic nitrogens is 1. The van der Waals surface area contributed by atoms with Crippen molar-refractivity contribution in [1.82, 2.24) is 15.2 Å². The van der Waals surface area contributed by atoms with Gasteiger partial charge in [0.15, 0.2) is 0 Å². The van der Waals surface area contributed by atoms with E-state index in [4.69, 9.17) is 0 Å². The fourth-order valence-corrected chi connectivity index (χ4v) is 4.98. The normalized spacial score (nSPS) is 26.3. The minimum Gasteiger partial charge on any atom is -0.459 e. The second-order valence-electron chi connectivity index (χ2n) is 7.07. The second-order valence-corrected chi connectivity index (χ2v) is 8.16. The number of rotatable bonds is 2. The summed E-state index contributed by atoms with van der Waals surface area (Å²) < 4.78 is 5.44. The third-order valence-corrected chi connectivity index (χ3v) is 6.60. The van der Waals surface area contributed by atoms with Gasteiger partial charge in [0.05, 0.1) is 12.0 Å². The maximum absolute atomic E-state index is 12.8. The number of carbonyl (C=O) groups excluding carboxylic acids is 2. The van der Waals surface area contributed by atoms with Crippen molar-refractivity contribution in [2.45, 2.75) is 31.8 Å². The average molecular weight is 383 g/mol. The highest BCUT2D eigenvalue weighted by atomic mass is 32.1. The van der Waals surface area contributed by atoms with Crippen LogP contribution in [0.5, 0.6) is 0 Å². The maximum Gasteiger partial charge on any atom is 0.384 e. The summed E-state index contributed by atoms with van der Waals surface area (Å²) in [6.45, 7) is 4.46. The van der Waals surface area contributed by atoms with Gasteiger partial charge in [-0.1, -0.05) is 0 Å². The number of hydrogen-bond donors (Lipinski definition) is 1. The third kappa shape index (κ3) is 3.55. The molecule has 0 unspecified atom stereocenters. The van der Waals surface area contributed by atoms with Crippen LogP contribution in [0.2, 0.25) is 0 Å². The summed E-state index contributed by atoms with van der Waals surface area (Å²) in [6, 6.07) is 4.21. The lowest BCUT2D eigenvalue weighted by Gasteiger charge is -2.49. The molecule has 1 N–H and O–H groups in total. The lowest BCUT2D eigenvalue weighted by molar-refractivity contribution is -0.133. The van der Waals surface area contributed by atoms with E-state index in [2.05, 4.69) is 38.7 Å². The van der Waals surface area contributed by atoms with Crippen molar-refractivity contribution in [2.24, 2.45) is 5.92 Å². The maximum atomic E-state index is 12.8. The Morgan fingerprint density at radius 2 is 2.11 bits per heavy atom. The molecule has 2 aromatic heterocycles. The molecule has 3 fully saturated rings. The number of esters is 1. The zero-order valence-corrected chi connectivity index (χ0v) is 16.1. The molecule has 3 saturated heterocycles. The number of carbonyl (C=O) groups is 2. The first-order chi connectivity index (χ1) is 13.0. The summed E-state index contributed by atoms with van der Waals surface area (Å²) in [4.78, 5) is 31.4. The number of thiophene rings is 1. The average Bonchev–Trinajstić information content (AvgIpc) is 3.11. The molecule has 0 aliphatic carbocycles. The Morgan fingerprint density at radius 3 is 2.81 bits per heavy atom. The van der Waals surface area contributed by atoms with E-state index in [-0.39, 0.29) is 11.9 Å². The van der Waals surface area contributed by atoms with E-state index in [1.807, 2.05) is 6.07 Å². The predicted octanol–water partition coefficient (Wildman–Crippen LogP) is 2.03. The Balaban J connectivity index is 1.52. The summed E-state index contributed by atoms with van der Waals surface area (Å²) in [5.74, 6) is 5.06. The summed E-state index contributed by atoms with van der Waals surface area (Å²) in [5, 5.41) is 4.11. The summed E-state index contributed by atoms with van der Waals surface area (Å²) in [6.07, 6.45) is 3.98. The Kier molecular flexibility index (Phi) is 4.85. The van der Waals surface area contributed by atoms with Gasteiger partial charge < -0.3 is 10.1 Å². The van der Waals surface area contributed by atoms with Gasteiger partial charge in [0.25, 0.3) is 5.91 Å². The highest BCUT2D eigenvalue weighted by molar-refractivity contribution is 7.19. The van der Waals surface area contributed by atoms with Gasteiger partial charge in [-0.25, -0.2) is 4.79 Å². The first-order valence-corrected chi connectivity index (χ1v) is 9.91. The lowest BCUT2D eigenvalue weighted by Crippen LogP contribution is -2.62. The molecule has 5 heterocycles. The SMILES string of the molecule is COC(=O)C#Cc1cc2cnc(C(=O)N[C@@H]3C4CCN(CC4)[C@@H]3C)cc2s1. The third-order valence-electron chi connectivity index (χ3n) is 5.58. The van der Waals surface area contributed by atoms with Crippen molar-refractivity contribution >= 4 is 33.3 Å². The molecule has 1 amide bonds. The molecule has 140 valence electrons. The Hall–Kier alpha value is -2.43. The molecule has 0 aromatic carbocycles. The van der Waals surface area contributed by atoms with E-state index in [0.717, 1.165) is 40.9 Å². The number of hydrogen-bond acceptors (Lipinski definition) is 6. The van der Waals surface area contributed by atoms with Gasteiger partial charge in [0.2, 0.25) is 0 Å². The van der Waals surface area contributed by atoms with Gasteiger partial charge in [-0.2, -0.15) is 0 Å². The van der Waals surface area contributed by atoms with Gasteiger partial charge >= 0.3 is 5.97 Å². The molecular formula is C20H21N3O3S. The van der Waals surface area contributed by atoms with Crippen LogP contribution < -0.4 is 5.32 Å². The Labute approximate surface area is 161 Å². The first kappa shape index (κ1) is 18.0. The van der Waals surface area contributed by atoms with Crippen LogP contribution in [0.25, 0.3) is 10.1 Å². The fourth-order valence-electron chi connectivity index (χ4n) is 4.05. The number of amides is 1. The predicted molar refractivity (Wildman–Crippen MR) is 104 cm³/mol. The molecule has 2 atom stereocenters. The summed E-state index contributed by atoms with van der Waals surface area (Å²) >= 11 is 1.43. The molecule has 0 saturated carbocycles. The van der Waals surface area contributed by atoms with E-state index in [9.17, 15) is 9.59 Å². The summed E-state index contributed by atoms with van der Waals surface area (Å²) in [5.41, 5.74) is 0.417. The van der Waals surface area contributed by atoms with Crippen LogP contribution in [-0.2, 0) is 9.53 Å². The van der Waals surface area contributed by atoms with Gasteiger partial charge in [-0.05, 0) is 56.8 Å². The van der Waals surface area contributed by atoms with Crippen molar-refractivity contribution < 1.29 is 14.3 Å². The molecule has 3 aliphatic rings. The van der Waals surface area contributed by atoms with Crippen molar-refractivity contribution in [3.05, 3.63) is 28.9 Å². The van der Waals surface area contributed by atoms with Crippen molar-refractivity contribution in [3.8, 4) is 11.8 Å². The number of methoxy groups -OCH3 is 1. The molecule has 27 heavy (non-hydrogen) atoms. The van der Waals surface area contributed by atoms with Crippen molar-refractivity contribution in [1.29, 1.82) is 0 Å². The van der Waals surface area contributed by atoms with Crippen molar-refractivity contribution in [2.75, 3.05) is 20.2 Å². The van der Waals surface area contributed by atoms with E-state index in [1.54, 1.807) is 12.3 Å². The largest absolute Gasteiger partial charge is 0.459 e. The van der Waals surface area contributed by atoms with E-state index in [1.165, 1.54) is 18.4 Å². The Morgan fingerprint density at radius 1 is 1.33 bits per heavy atom. The molecular weight excluding hydrogens is 362 g/mol. The fraction of sp³-hybridized carbons (Fsp3) is 0.450.